The predicted octanol–water partition coefficient (Wildman–Crippen LogP) is 2.06. The Morgan fingerprint density at radius 3 is 2.20 bits per heavy atom. The quantitative estimate of drug-likeness (QED) is 0.681. The fourth-order valence-corrected chi connectivity index (χ4v) is 1.57. The van der Waals surface area contributed by atoms with Gasteiger partial charge in [-0.3, -0.25) is 4.79 Å². The van der Waals surface area contributed by atoms with Gasteiger partial charge >= 0.3 is 0 Å². The van der Waals surface area contributed by atoms with E-state index >= 15 is 0 Å². The van der Waals surface area contributed by atoms with E-state index in [1.165, 1.54) is 0 Å². The minimum atomic E-state index is -0.190. The van der Waals surface area contributed by atoms with E-state index in [-0.39, 0.29) is 11.4 Å². The second-order valence-corrected chi connectivity index (χ2v) is 4.46. The van der Waals surface area contributed by atoms with E-state index in [1.54, 1.807) is 0 Å². The molecule has 3 nitrogen and oxygen atoms in total. The molecule has 0 aliphatic carbocycles. The second-order valence-electron chi connectivity index (χ2n) is 4.46. The zero-order valence-electron chi connectivity index (χ0n) is 10.6. The minimum Gasteiger partial charge on any atom is -0.349 e. The summed E-state index contributed by atoms with van der Waals surface area (Å²) in [6.07, 6.45) is 3.44. The van der Waals surface area contributed by atoms with Gasteiger partial charge in [0.2, 0.25) is 5.91 Å². The highest BCUT2D eigenvalue weighted by molar-refractivity contribution is 5.77. The number of hydrogen-bond donors (Lipinski definition) is 2. The topological polar surface area (TPSA) is 55.1 Å². The van der Waals surface area contributed by atoms with Crippen LogP contribution in [0.15, 0.2) is 0 Å². The van der Waals surface area contributed by atoms with Crippen LogP contribution in [-0.2, 0) is 4.79 Å². The third-order valence-corrected chi connectivity index (χ3v) is 3.38. The molecule has 0 aliphatic heterocycles. The lowest BCUT2D eigenvalue weighted by molar-refractivity contribution is -0.123. The first-order chi connectivity index (χ1) is 7.03. The normalized spacial score (nSPS) is 13.7. The first kappa shape index (κ1) is 14.4. The second kappa shape index (κ2) is 6.83. The van der Waals surface area contributed by atoms with Crippen LogP contribution in [0.1, 0.15) is 53.4 Å². The van der Waals surface area contributed by atoms with Crippen LogP contribution in [0.4, 0.5) is 0 Å². The van der Waals surface area contributed by atoms with Gasteiger partial charge in [-0.1, -0.05) is 34.1 Å². The summed E-state index contributed by atoms with van der Waals surface area (Å²) in [4.78, 5) is 11.7. The van der Waals surface area contributed by atoms with Gasteiger partial charge in [0.1, 0.15) is 0 Å². The summed E-state index contributed by atoms with van der Waals surface area (Å²) in [6.45, 7) is 8.86. The molecule has 0 saturated heterocycles. The number of hydrogen-bond acceptors (Lipinski definition) is 2. The molecule has 1 amide bonds. The maximum absolute atomic E-state index is 11.7. The van der Waals surface area contributed by atoms with Crippen LogP contribution in [0.25, 0.3) is 0 Å². The van der Waals surface area contributed by atoms with Gasteiger partial charge in [-0.15, -0.1) is 0 Å². The fraction of sp³-hybridized carbons (Fsp3) is 0.917. The first-order valence-electron chi connectivity index (χ1n) is 6.04. The molecule has 0 spiro atoms. The lowest BCUT2D eigenvalue weighted by Gasteiger charge is -2.31. The van der Waals surface area contributed by atoms with Crippen LogP contribution in [0.2, 0.25) is 0 Å². The van der Waals surface area contributed by atoms with Crippen molar-refractivity contribution in [2.45, 2.75) is 58.9 Å². The summed E-state index contributed by atoms with van der Waals surface area (Å²) in [6, 6.07) is 0. The van der Waals surface area contributed by atoms with Gasteiger partial charge in [0, 0.05) is 13.0 Å². The molecular weight excluding hydrogens is 188 g/mol. The molecule has 0 bridgehead atoms. The van der Waals surface area contributed by atoms with Crippen molar-refractivity contribution < 1.29 is 4.79 Å². The predicted molar refractivity (Wildman–Crippen MR) is 64.6 cm³/mol. The molecule has 0 radical (unpaired) electrons. The summed E-state index contributed by atoms with van der Waals surface area (Å²) in [7, 11) is 0. The molecule has 0 aromatic heterocycles. The van der Waals surface area contributed by atoms with Crippen molar-refractivity contribution in [3.05, 3.63) is 0 Å². The Morgan fingerprint density at radius 2 is 1.87 bits per heavy atom. The zero-order valence-corrected chi connectivity index (χ0v) is 10.6. The summed E-state index contributed by atoms with van der Waals surface area (Å²) >= 11 is 0. The van der Waals surface area contributed by atoms with Crippen LogP contribution in [-0.4, -0.2) is 18.0 Å². The average molecular weight is 214 g/mol. The Labute approximate surface area is 93.8 Å². The molecule has 90 valence electrons. The Balaban J connectivity index is 4.23. The Kier molecular flexibility index (Phi) is 6.57. The number of carbonyl (C=O) groups is 1. The van der Waals surface area contributed by atoms with E-state index in [0.29, 0.717) is 18.9 Å². The van der Waals surface area contributed by atoms with Gasteiger partial charge in [-0.05, 0) is 18.8 Å². The molecule has 0 heterocycles. The maximum Gasteiger partial charge on any atom is 0.220 e. The molecular formula is C12H26N2O. The van der Waals surface area contributed by atoms with Gasteiger partial charge in [0.15, 0.2) is 0 Å². The van der Waals surface area contributed by atoms with Crippen LogP contribution < -0.4 is 11.1 Å². The van der Waals surface area contributed by atoms with Crippen molar-refractivity contribution in [3.8, 4) is 0 Å². The highest BCUT2D eigenvalue weighted by atomic mass is 16.1. The van der Waals surface area contributed by atoms with E-state index in [0.717, 1.165) is 19.3 Å². The number of nitrogens with two attached hydrogens (primary N) is 1. The number of rotatable bonds is 7. The zero-order chi connectivity index (χ0) is 11.9. The van der Waals surface area contributed by atoms with E-state index < -0.39 is 0 Å². The van der Waals surface area contributed by atoms with Crippen molar-refractivity contribution in [3.63, 3.8) is 0 Å². The van der Waals surface area contributed by atoms with Crippen molar-refractivity contribution >= 4 is 5.91 Å². The Bertz CT molecular complexity index is 180. The van der Waals surface area contributed by atoms with Crippen molar-refractivity contribution in [1.82, 2.24) is 5.32 Å². The first-order valence-corrected chi connectivity index (χ1v) is 6.04. The van der Waals surface area contributed by atoms with Crippen LogP contribution >= 0.6 is 0 Å². The smallest absolute Gasteiger partial charge is 0.220 e. The molecule has 0 rings (SSSR count). The highest BCUT2D eigenvalue weighted by Gasteiger charge is 2.26. The monoisotopic (exact) mass is 214 g/mol. The summed E-state index contributed by atoms with van der Waals surface area (Å²) in [5, 5.41) is 3.08. The summed E-state index contributed by atoms with van der Waals surface area (Å²) in [5.41, 5.74) is 5.54. The van der Waals surface area contributed by atoms with Crippen molar-refractivity contribution in [2.75, 3.05) is 6.54 Å². The molecule has 3 heteroatoms. The molecule has 0 aromatic carbocycles. The van der Waals surface area contributed by atoms with Gasteiger partial charge in [-0.25, -0.2) is 0 Å². The molecule has 3 N–H and O–H groups in total. The largest absolute Gasteiger partial charge is 0.349 e. The maximum atomic E-state index is 11.7. The third-order valence-electron chi connectivity index (χ3n) is 3.38. The molecule has 0 aromatic rings. The summed E-state index contributed by atoms with van der Waals surface area (Å²) < 4.78 is 0. The third kappa shape index (κ3) is 4.65. The fourth-order valence-electron chi connectivity index (χ4n) is 1.57. The van der Waals surface area contributed by atoms with Crippen molar-refractivity contribution in [2.24, 2.45) is 11.7 Å². The molecule has 1 atom stereocenters. The van der Waals surface area contributed by atoms with E-state index in [1.807, 2.05) is 0 Å². The van der Waals surface area contributed by atoms with Crippen LogP contribution in [0, 0.1) is 5.92 Å². The van der Waals surface area contributed by atoms with Crippen molar-refractivity contribution in [1.29, 1.82) is 0 Å². The Hall–Kier alpha value is -0.570. The van der Waals surface area contributed by atoms with E-state index in [9.17, 15) is 4.79 Å². The molecule has 0 saturated carbocycles. The lowest BCUT2D eigenvalue weighted by Crippen LogP contribution is -2.53. The average Bonchev–Trinajstić information content (AvgIpc) is 2.26. The van der Waals surface area contributed by atoms with E-state index in [2.05, 4.69) is 33.0 Å². The lowest BCUT2D eigenvalue weighted by atomic mass is 9.92. The molecule has 15 heavy (non-hydrogen) atoms. The van der Waals surface area contributed by atoms with Gasteiger partial charge < -0.3 is 11.1 Å². The minimum absolute atomic E-state index is 0.138. The van der Waals surface area contributed by atoms with Gasteiger partial charge in [0.05, 0.1) is 5.54 Å². The standard InChI is InChI=1S/C12H26N2O/c1-5-10(4)8-11(15)14-12(6-2,7-3)9-13/h10H,5-9,13H2,1-4H3,(H,14,15). The van der Waals surface area contributed by atoms with Crippen LogP contribution in [0.3, 0.4) is 0 Å². The van der Waals surface area contributed by atoms with E-state index in [4.69, 9.17) is 5.73 Å². The number of amides is 1. The van der Waals surface area contributed by atoms with Gasteiger partial charge in [-0.2, -0.15) is 0 Å². The highest BCUT2D eigenvalue weighted by Crippen LogP contribution is 2.15. The number of nitrogens with one attached hydrogen (secondary N) is 1. The van der Waals surface area contributed by atoms with Crippen LogP contribution in [0.5, 0.6) is 0 Å². The summed E-state index contributed by atoms with van der Waals surface area (Å²) in [5.74, 6) is 0.590. The molecule has 1 unspecified atom stereocenters. The SMILES string of the molecule is CCC(C)CC(=O)NC(CC)(CC)CN. The molecule has 0 aliphatic rings. The Morgan fingerprint density at radius 1 is 1.33 bits per heavy atom. The number of carbonyl (C=O) groups excluding carboxylic acids is 1. The van der Waals surface area contributed by atoms with Gasteiger partial charge in [0.25, 0.3) is 0 Å². The molecule has 0 fully saturated rings.